The molecule has 1 atom stereocenters. The average molecular weight is 445 g/mol. The van der Waals surface area contributed by atoms with Gasteiger partial charge in [-0.3, -0.25) is 9.59 Å². The summed E-state index contributed by atoms with van der Waals surface area (Å²) < 4.78 is 0. The fourth-order valence-electron chi connectivity index (χ4n) is 3.67. The van der Waals surface area contributed by atoms with Crippen LogP contribution in [0.3, 0.4) is 0 Å². The van der Waals surface area contributed by atoms with Crippen molar-refractivity contribution in [1.82, 2.24) is 0 Å². The monoisotopic (exact) mass is 444 g/mol. The van der Waals surface area contributed by atoms with Crippen LogP contribution in [0.4, 0.5) is 0 Å². The van der Waals surface area contributed by atoms with E-state index in [1.807, 2.05) is 84.9 Å². The highest BCUT2D eigenvalue weighted by Gasteiger charge is 2.37. The average Bonchev–Trinajstić information content (AvgIpc) is 2.82. The van der Waals surface area contributed by atoms with Crippen molar-refractivity contribution in [3.8, 4) is 0 Å². The van der Waals surface area contributed by atoms with Crippen molar-refractivity contribution in [3.63, 3.8) is 0 Å². The minimum absolute atomic E-state index is 0.103. The van der Waals surface area contributed by atoms with Crippen LogP contribution in [0.25, 0.3) is 12.2 Å². The van der Waals surface area contributed by atoms with Gasteiger partial charge in [-0.2, -0.15) is 0 Å². The standard InChI is InChI=1S/C28H25ClO3/c29-25-16-13-23(14-17-25)15-18-26(30)28(21-19-27(31)32,24-11-5-2-6-12-24)20-7-10-22-8-3-1-4-9-22/h1-18H,19-21H2,(H,31,32). The SMILES string of the molecule is O=C(O)CCC(CC=Cc1ccccc1)(C(=O)C=Cc1ccc(Cl)cc1)c1ccccc1. The highest BCUT2D eigenvalue weighted by atomic mass is 35.5. The van der Waals surface area contributed by atoms with Crippen molar-refractivity contribution in [2.75, 3.05) is 0 Å². The lowest BCUT2D eigenvalue weighted by Gasteiger charge is -2.31. The minimum atomic E-state index is -0.978. The van der Waals surface area contributed by atoms with Crippen LogP contribution in [0.1, 0.15) is 36.0 Å². The van der Waals surface area contributed by atoms with Gasteiger partial charge in [0.2, 0.25) is 0 Å². The molecule has 0 spiro atoms. The number of carboxylic acid groups (broad SMARTS) is 1. The molecular formula is C28H25ClO3. The molecular weight excluding hydrogens is 420 g/mol. The minimum Gasteiger partial charge on any atom is -0.481 e. The van der Waals surface area contributed by atoms with Crippen LogP contribution >= 0.6 is 11.6 Å². The summed E-state index contributed by atoms with van der Waals surface area (Å²) in [5, 5.41) is 10.0. The fourth-order valence-corrected chi connectivity index (χ4v) is 3.80. The summed E-state index contributed by atoms with van der Waals surface area (Å²) in [5.74, 6) is -1.05. The Morgan fingerprint density at radius 2 is 1.41 bits per heavy atom. The zero-order valence-electron chi connectivity index (χ0n) is 17.7. The van der Waals surface area contributed by atoms with E-state index in [4.69, 9.17) is 11.6 Å². The second-order valence-corrected chi connectivity index (χ2v) is 8.04. The van der Waals surface area contributed by atoms with Crippen molar-refractivity contribution >= 4 is 35.5 Å². The van der Waals surface area contributed by atoms with E-state index >= 15 is 0 Å². The van der Waals surface area contributed by atoms with E-state index in [-0.39, 0.29) is 18.6 Å². The van der Waals surface area contributed by atoms with Gasteiger partial charge in [-0.25, -0.2) is 0 Å². The summed E-state index contributed by atoms with van der Waals surface area (Å²) in [6, 6.07) is 26.5. The lowest BCUT2D eigenvalue weighted by atomic mass is 9.70. The van der Waals surface area contributed by atoms with Crippen LogP contribution in [0.2, 0.25) is 5.02 Å². The van der Waals surface area contributed by atoms with Gasteiger partial charge in [-0.15, -0.1) is 0 Å². The molecule has 0 aliphatic heterocycles. The Bertz CT molecular complexity index is 1090. The van der Waals surface area contributed by atoms with Gasteiger partial charge in [-0.05, 0) is 47.7 Å². The van der Waals surface area contributed by atoms with Crippen LogP contribution in [0.15, 0.2) is 97.1 Å². The summed E-state index contributed by atoms with van der Waals surface area (Å²) >= 11 is 5.95. The van der Waals surface area contributed by atoms with Crippen LogP contribution in [0.5, 0.6) is 0 Å². The lowest BCUT2D eigenvalue weighted by molar-refractivity contribution is -0.137. The van der Waals surface area contributed by atoms with Crippen LogP contribution in [-0.2, 0) is 15.0 Å². The first-order valence-electron chi connectivity index (χ1n) is 10.5. The lowest BCUT2D eigenvalue weighted by Crippen LogP contribution is -2.35. The molecule has 162 valence electrons. The number of ketones is 1. The predicted molar refractivity (Wildman–Crippen MR) is 131 cm³/mol. The van der Waals surface area contributed by atoms with E-state index in [1.54, 1.807) is 24.3 Å². The predicted octanol–water partition coefficient (Wildman–Crippen LogP) is 6.83. The Kier molecular flexibility index (Phi) is 8.18. The normalized spacial score (nSPS) is 13.3. The van der Waals surface area contributed by atoms with Crippen molar-refractivity contribution in [2.24, 2.45) is 0 Å². The number of carbonyl (C=O) groups is 2. The Morgan fingerprint density at radius 3 is 2.03 bits per heavy atom. The molecule has 0 amide bonds. The molecule has 0 aliphatic rings. The van der Waals surface area contributed by atoms with Crippen LogP contribution in [0, 0.1) is 0 Å². The highest BCUT2D eigenvalue weighted by Crippen LogP contribution is 2.36. The number of benzene rings is 3. The van der Waals surface area contributed by atoms with E-state index < -0.39 is 11.4 Å². The van der Waals surface area contributed by atoms with Gasteiger partial charge in [0.25, 0.3) is 0 Å². The summed E-state index contributed by atoms with van der Waals surface area (Å²) in [6.45, 7) is 0. The number of halogens is 1. The number of rotatable bonds is 10. The Morgan fingerprint density at radius 1 is 0.812 bits per heavy atom. The summed E-state index contributed by atoms with van der Waals surface area (Å²) in [5.41, 5.74) is 1.71. The van der Waals surface area contributed by atoms with E-state index in [1.165, 1.54) is 0 Å². The van der Waals surface area contributed by atoms with Gasteiger partial charge in [0.05, 0.1) is 5.41 Å². The van der Waals surface area contributed by atoms with Gasteiger partial charge in [0.15, 0.2) is 5.78 Å². The molecule has 0 bridgehead atoms. The third-order valence-corrected chi connectivity index (χ3v) is 5.69. The zero-order valence-corrected chi connectivity index (χ0v) is 18.4. The van der Waals surface area contributed by atoms with Gasteiger partial charge < -0.3 is 5.11 Å². The molecule has 0 aliphatic carbocycles. The second kappa shape index (κ2) is 11.3. The third kappa shape index (κ3) is 6.29. The molecule has 0 saturated heterocycles. The van der Waals surface area contributed by atoms with E-state index in [9.17, 15) is 14.7 Å². The van der Waals surface area contributed by atoms with E-state index in [0.717, 1.165) is 16.7 Å². The third-order valence-electron chi connectivity index (χ3n) is 5.44. The van der Waals surface area contributed by atoms with Crippen molar-refractivity contribution in [1.29, 1.82) is 0 Å². The van der Waals surface area contributed by atoms with Crippen molar-refractivity contribution < 1.29 is 14.7 Å². The number of hydrogen-bond donors (Lipinski definition) is 1. The van der Waals surface area contributed by atoms with Gasteiger partial charge in [0.1, 0.15) is 0 Å². The Hall–Kier alpha value is -3.43. The molecule has 1 unspecified atom stereocenters. The topological polar surface area (TPSA) is 54.4 Å². The second-order valence-electron chi connectivity index (χ2n) is 7.61. The van der Waals surface area contributed by atoms with Crippen molar-refractivity contribution in [3.05, 3.63) is 119 Å². The molecule has 0 heterocycles. The first kappa shape index (κ1) is 23.2. The highest BCUT2D eigenvalue weighted by molar-refractivity contribution is 6.30. The number of carboxylic acids is 1. The van der Waals surface area contributed by atoms with Crippen molar-refractivity contribution in [2.45, 2.75) is 24.7 Å². The maximum absolute atomic E-state index is 13.6. The summed E-state index contributed by atoms with van der Waals surface area (Å²) in [7, 11) is 0. The zero-order chi connectivity index (χ0) is 22.8. The number of hydrogen-bond acceptors (Lipinski definition) is 2. The van der Waals surface area contributed by atoms with Gasteiger partial charge in [0, 0.05) is 11.4 Å². The molecule has 0 fully saturated rings. The number of aliphatic carboxylic acids is 1. The molecule has 3 rings (SSSR count). The van der Waals surface area contributed by atoms with E-state index in [2.05, 4.69) is 0 Å². The molecule has 3 aromatic rings. The molecule has 0 aromatic heterocycles. The summed E-state index contributed by atoms with van der Waals surface area (Å²) in [6.07, 6.45) is 7.71. The molecule has 3 nitrogen and oxygen atoms in total. The number of allylic oxidation sites excluding steroid dienone is 2. The van der Waals surface area contributed by atoms with Crippen LogP contribution in [-0.4, -0.2) is 16.9 Å². The first-order valence-corrected chi connectivity index (χ1v) is 10.8. The smallest absolute Gasteiger partial charge is 0.303 e. The molecule has 0 radical (unpaired) electrons. The largest absolute Gasteiger partial charge is 0.481 e. The van der Waals surface area contributed by atoms with E-state index in [0.29, 0.717) is 11.4 Å². The molecule has 32 heavy (non-hydrogen) atoms. The molecule has 3 aromatic carbocycles. The van der Waals surface area contributed by atoms with Crippen LogP contribution < -0.4 is 0 Å². The Labute approximate surface area is 193 Å². The fraction of sp³-hybridized carbons (Fsp3) is 0.143. The Balaban J connectivity index is 1.97. The molecule has 1 N–H and O–H groups in total. The molecule has 0 saturated carbocycles. The summed E-state index contributed by atoms with van der Waals surface area (Å²) in [4.78, 5) is 25.1. The number of carbonyl (C=O) groups excluding carboxylic acids is 1. The van der Waals surface area contributed by atoms with Gasteiger partial charge in [-0.1, -0.05) is 103 Å². The van der Waals surface area contributed by atoms with Gasteiger partial charge >= 0.3 is 5.97 Å². The quantitative estimate of drug-likeness (QED) is 0.349. The maximum Gasteiger partial charge on any atom is 0.303 e. The molecule has 4 heteroatoms. The maximum atomic E-state index is 13.6. The first-order chi connectivity index (χ1) is 15.5.